The summed E-state index contributed by atoms with van der Waals surface area (Å²) in [4.78, 5) is 2.23. The summed E-state index contributed by atoms with van der Waals surface area (Å²) in [6.45, 7) is 3.29. The van der Waals surface area contributed by atoms with Crippen molar-refractivity contribution in [3.8, 4) is 0 Å². The van der Waals surface area contributed by atoms with Crippen LogP contribution in [0.1, 0.15) is 0 Å². The van der Waals surface area contributed by atoms with Crippen molar-refractivity contribution in [2.24, 2.45) is 0 Å². The van der Waals surface area contributed by atoms with Crippen molar-refractivity contribution in [3.63, 3.8) is 0 Å². The highest BCUT2D eigenvalue weighted by Gasteiger charge is 2.42. The lowest BCUT2D eigenvalue weighted by Gasteiger charge is -2.37. The van der Waals surface area contributed by atoms with Gasteiger partial charge in [-0.05, 0) is 0 Å². The highest BCUT2D eigenvalue weighted by Crippen LogP contribution is 2.20. The van der Waals surface area contributed by atoms with Crippen molar-refractivity contribution in [3.05, 3.63) is 0 Å². The quantitative estimate of drug-likeness (QED) is 0.658. The molecule has 2 aliphatic rings. The van der Waals surface area contributed by atoms with Crippen LogP contribution >= 0.6 is 0 Å². The van der Waals surface area contributed by atoms with E-state index < -0.39 is 9.84 Å². The molecular weight excluding hydrogens is 216 g/mol. The molecule has 15 heavy (non-hydrogen) atoms. The summed E-state index contributed by atoms with van der Waals surface area (Å²) in [6.07, 6.45) is 0. The van der Waals surface area contributed by atoms with Gasteiger partial charge in [-0.25, -0.2) is 8.42 Å². The Morgan fingerprint density at radius 1 is 1.47 bits per heavy atom. The van der Waals surface area contributed by atoms with Gasteiger partial charge in [0, 0.05) is 38.8 Å². The fourth-order valence-electron chi connectivity index (χ4n) is 2.43. The molecule has 0 spiro atoms. The van der Waals surface area contributed by atoms with Gasteiger partial charge in [0.15, 0.2) is 9.84 Å². The largest absolute Gasteiger partial charge is 0.383 e. The molecule has 1 N–H and O–H groups in total. The number of piperazine rings is 1. The summed E-state index contributed by atoms with van der Waals surface area (Å²) < 4.78 is 28.1. The van der Waals surface area contributed by atoms with E-state index in [9.17, 15) is 8.42 Å². The molecule has 2 aliphatic heterocycles. The van der Waals surface area contributed by atoms with Crippen molar-refractivity contribution in [1.29, 1.82) is 0 Å². The number of sulfone groups is 1. The van der Waals surface area contributed by atoms with Crippen molar-refractivity contribution in [2.75, 3.05) is 44.9 Å². The topological polar surface area (TPSA) is 58.6 Å². The van der Waals surface area contributed by atoms with Crippen molar-refractivity contribution < 1.29 is 13.2 Å². The third kappa shape index (κ3) is 2.50. The number of methoxy groups -OCH3 is 1. The minimum Gasteiger partial charge on any atom is -0.383 e. The second kappa shape index (κ2) is 4.37. The van der Waals surface area contributed by atoms with Crippen LogP contribution in [0.25, 0.3) is 0 Å². The molecule has 5 nitrogen and oxygen atoms in total. The van der Waals surface area contributed by atoms with Gasteiger partial charge in [-0.3, -0.25) is 4.90 Å². The zero-order valence-electron chi connectivity index (χ0n) is 8.98. The Morgan fingerprint density at radius 2 is 2.27 bits per heavy atom. The molecule has 0 saturated carbocycles. The molecule has 2 heterocycles. The predicted octanol–water partition coefficient (Wildman–Crippen LogP) is -1.30. The fraction of sp³-hybridized carbons (Fsp3) is 1.00. The van der Waals surface area contributed by atoms with E-state index >= 15 is 0 Å². The molecule has 6 heteroatoms. The number of hydrogen-bond donors (Lipinski definition) is 1. The minimum atomic E-state index is -2.83. The van der Waals surface area contributed by atoms with Gasteiger partial charge in [0.25, 0.3) is 0 Å². The predicted molar refractivity (Wildman–Crippen MR) is 57.7 cm³/mol. The molecule has 0 amide bonds. The zero-order valence-corrected chi connectivity index (χ0v) is 9.79. The number of fused-ring (bicyclic) bond motifs is 1. The molecule has 0 aromatic heterocycles. The van der Waals surface area contributed by atoms with E-state index in [1.54, 1.807) is 7.11 Å². The standard InChI is InChI=1S/C9H18N2O3S/c1-14-5-4-11-3-2-10-8-6-15(12,13)7-9(8)11/h8-10H,2-7H2,1H3. The molecule has 88 valence electrons. The number of hydrogen-bond acceptors (Lipinski definition) is 5. The van der Waals surface area contributed by atoms with Crippen LogP contribution in [0.4, 0.5) is 0 Å². The van der Waals surface area contributed by atoms with Gasteiger partial charge < -0.3 is 10.1 Å². The van der Waals surface area contributed by atoms with Crippen LogP contribution in [0.5, 0.6) is 0 Å². The second-order valence-corrected chi connectivity index (χ2v) is 6.39. The molecule has 2 unspecified atom stereocenters. The van der Waals surface area contributed by atoms with Gasteiger partial charge in [-0.1, -0.05) is 0 Å². The van der Waals surface area contributed by atoms with Crippen LogP contribution in [-0.4, -0.2) is 70.3 Å². The van der Waals surface area contributed by atoms with Gasteiger partial charge in [0.05, 0.1) is 18.1 Å². The third-order valence-electron chi connectivity index (χ3n) is 3.18. The number of nitrogens with zero attached hydrogens (tertiary/aromatic N) is 1. The molecule has 0 aliphatic carbocycles. The lowest BCUT2D eigenvalue weighted by molar-refractivity contribution is 0.0981. The highest BCUT2D eigenvalue weighted by molar-refractivity contribution is 7.91. The summed E-state index contributed by atoms with van der Waals surface area (Å²) in [7, 11) is -1.16. The number of rotatable bonds is 3. The molecule has 2 atom stereocenters. The van der Waals surface area contributed by atoms with Crippen LogP contribution in [0, 0.1) is 0 Å². The summed E-state index contributed by atoms with van der Waals surface area (Å²) >= 11 is 0. The third-order valence-corrected chi connectivity index (χ3v) is 4.90. The number of ether oxygens (including phenoxy) is 1. The minimum absolute atomic E-state index is 0.126. The fourth-order valence-corrected chi connectivity index (χ4v) is 4.42. The van der Waals surface area contributed by atoms with E-state index in [4.69, 9.17) is 4.74 Å². The Hall–Kier alpha value is -0.170. The lowest BCUT2D eigenvalue weighted by Crippen LogP contribution is -2.57. The number of nitrogens with one attached hydrogen (secondary N) is 1. The van der Waals surface area contributed by atoms with E-state index in [-0.39, 0.29) is 12.1 Å². The van der Waals surface area contributed by atoms with E-state index in [1.807, 2.05) is 0 Å². The van der Waals surface area contributed by atoms with Crippen LogP contribution in [-0.2, 0) is 14.6 Å². The maximum absolute atomic E-state index is 11.5. The molecule has 2 fully saturated rings. The van der Waals surface area contributed by atoms with E-state index in [0.717, 1.165) is 19.6 Å². The molecule has 0 aromatic carbocycles. The molecule has 0 radical (unpaired) electrons. The molecule has 0 bridgehead atoms. The highest BCUT2D eigenvalue weighted by atomic mass is 32.2. The Bertz CT molecular complexity index is 317. The first-order valence-corrected chi connectivity index (χ1v) is 7.11. The monoisotopic (exact) mass is 234 g/mol. The van der Waals surface area contributed by atoms with Crippen molar-refractivity contribution in [1.82, 2.24) is 10.2 Å². The summed E-state index contributed by atoms with van der Waals surface area (Å²) in [6, 6.07) is 0.277. The summed E-state index contributed by atoms with van der Waals surface area (Å²) in [5.41, 5.74) is 0. The summed E-state index contributed by atoms with van der Waals surface area (Å²) in [5.74, 6) is 0.593. The first-order chi connectivity index (χ1) is 7.12. The molecular formula is C9H18N2O3S. The van der Waals surface area contributed by atoms with Gasteiger partial charge in [0.2, 0.25) is 0 Å². The molecule has 0 aromatic rings. The normalized spacial score (nSPS) is 35.3. The molecule has 2 rings (SSSR count). The maximum atomic E-state index is 11.5. The van der Waals surface area contributed by atoms with Gasteiger partial charge in [-0.15, -0.1) is 0 Å². The van der Waals surface area contributed by atoms with E-state index in [2.05, 4.69) is 10.2 Å². The Kier molecular flexibility index (Phi) is 3.30. The zero-order chi connectivity index (χ0) is 10.9. The SMILES string of the molecule is COCCN1CCNC2CS(=O)(=O)CC21. The Balaban J connectivity index is 2.02. The van der Waals surface area contributed by atoms with Gasteiger partial charge in [0.1, 0.15) is 0 Å². The Morgan fingerprint density at radius 3 is 3.00 bits per heavy atom. The van der Waals surface area contributed by atoms with Crippen molar-refractivity contribution in [2.45, 2.75) is 12.1 Å². The van der Waals surface area contributed by atoms with Gasteiger partial charge in [-0.2, -0.15) is 0 Å². The Labute approximate surface area is 90.7 Å². The first kappa shape index (κ1) is 11.3. The van der Waals surface area contributed by atoms with Crippen molar-refractivity contribution >= 4 is 9.84 Å². The second-order valence-electron chi connectivity index (χ2n) is 4.23. The lowest BCUT2D eigenvalue weighted by atomic mass is 10.1. The van der Waals surface area contributed by atoms with E-state index in [1.165, 1.54) is 0 Å². The van der Waals surface area contributed by atoms with Crippen LogP contribution in [0.15, 0.2) is 0 Å². The van der Waals surface area contributed by atoms with Crippen LogP contribution in [0.2, 0.25) is 0 Å². The molecule has 2 saturated heterocycles. The maximum Gasteiger partial charge on any atom is 0.153 e. The van der Waals surface area contributed by atoms with Crippen LogP contribution in [0.3, 0.4) is 0 Å². The average Bonchev–Trinajstić information content (AvgIpc) is 2.49. The summed E-state index contributed by atoms with van der Waals surface area (Å²) in [5, 5.41) is 3.28. The van der Waals surface area contributed by atoms with Crippen LogP contribution < -0.4 is 5.32 Å². The van der Waals surface area contributed by atoms with E-state index in [0.29, 0.717) is 18.1 Å². The smallest absolute Gasteiger partial charge is 0.153 e. The average molecular weight is 234 g/mol. The first-order valence-electron chi connectivity index (χ1n) is 5.29. The van der Waals surface area contributed by atoms with Gasteiger partial charge >= 0.3 is 0 Å².